The molecule has 0 unspecified atom stereocenters. The molecular weight excluding hydrogens is 282 g/mol. The van der Waals surface area contributed by atoms with E-state index in [1.54, 1.807) is 4.90 Å². The largest absolute Gasteiger partial charge is 0.462 e. The number of rotatable bonds is 1. The van der Waals surface area contributed by atoms with Crippen molar-refractivity contribution >= 4 is 12.1 Å². The van der Waals surface area contributed by atoms with Gasteiger partial charge in [-0.3, -0.25) is 4.79 Å². The van der Waals surface area contributed by atoms with E-state index in [4.69, 9.17) is 9.47 Å². The summed E-state index contributed by atoms with van der Waals surface area (Å²) in [4.78, 5) is 25.6. The number of piperidine rings is 1. The third-order valence-corrected chi connectivity index (χ3v) is 4.64. The van der Waals surface area contributed by atoms with Gasteiger partial charge in [0.2, 0.25) is 0 Å². The molecule has 2 aliphatic rings. The van der Waals surface area contributed by atoms with Crippen LogP contribution < -0.4 is 0 Å². The molecule has 2 atom stereocenters. The summed E-state index contributed by atoms with van der Waals surface area (Å²) in [5.41, 5.74) is -0.567. The summed E-state index contributed by atoms with van der Waals surface area (Å²) in [7, 11) is 0. The third kappa shape index (κ3) is 4.14. The fourth-order valence-corrected chi connectivity index (χ4v) is 3.77. The van der Waals surface area contributed by atoms with Gasteiger partial charge in [-0.15, -0.1) is 0 Å². The van der Waals surface area contributed by atoms with Gasteiger partial charge in [0.05, 0.1) is 0 Å². The van der Waals surface area contributed by atoms with Gasteiger partial charge in [0, 0.05) is 25.4 Å². The Balaban J connectivity index is 2.09. The zero-order valence-corrected chi connectivity index (χ0v) is 14.3. The molecule has 0 N–H and O–H groups in total. The van der Waals surface area contributed by atoms with Gasteiger partial charge in [0.15, 0.2) is 0 Å². The first-order chi connectivity index (χ1) is 10.2. The molecule has 1 aliphatic heterocycles. The van der Waals surface area contributed by atoms with Crippen LogP contribution in [0.2, 0.25) is 0 Å². The van der Waals surface area contributed by atoms with E-state index in [-0.39, 0.29) is 23.6 Å². The van der Waals surface area contributed by atoms with E-state index in [2.05, 4.69) is 0 Å². The lowest BCUT2D eigenvalue weighted by Crippen LogP contribution is -2.54. The lowest BCUT2D eigenvalue weighted by Gasteiger charge is -2.49. The van der Waals surface area contributed by atoms with Gasteiger partial charge in [-0.1, -0.05) is 6.42 Å². The Kier molecular flexibility index (Phi) is 5.03. The van der Waals surface area contributed by atoms with Gasteiger partial charge in [-0.25, -0.2) is 4.79 Å². The molecule has 1 saturated heterocycles. The zero-order chi connectivity index (χ0) is 16.4. The van der Waals surface area contributed by atoms with Gasteiger partial charge in [-0.2, -0.15) is 0 Å². The molecular formula is C17H29NO4. The number of nitrogens with zero attached hydrogens (tertiary/aromatic N) is 1. The number of carbonyl (C=O) groups is 2. The Morgan fingerprint density at radius 1 is 1.14 bits per heavy atom. The molecule has 1 heterocycles. The predicted molar refractivity (Wildman–Crippen MR) is 83.5 cm³/mol. The van der Waals surface area contributed by atoms with Crippen LogP contribution in [-0.4, -0.2) is 41.8 Å². The highest BCUT2D eigenvalue weighted by Crippen LogP contribution is 2.45. The Hall–Kier alpha value is -1.26. The molecule has 2 rings (SSSR count). The first kappa shape index (κ1) is 17.1. The van der Waals surface area contributed by atoms with Crippen molar-refractivity contribution in [3.63, 3.8) is 0 Å². The summed E-state index contributed by atoms with van der Waals surface area (Å²) in [5.74, 6) is -0.222. The third-order valence-electron chi connectivity index (χ3n) is 4.64. The first-order valence-corrected chi connectivity index (χ1v) is 8.37. The van der Waals surface area contributed by atoms with Crippen LogP contribution in [-0.2, 0) is 14.3 Å². The Labute approximate surface area is 133 Å². The quantitative estimate of drug-likeness (QED) is 0.695. The van der Waals surface area contributed by atoms with Gasteiger partial charge in [0.25, 0.3) is 0 Å². The van der Waals surface area contributed by atoms with E-state index in [0.717, 1.165) is 45.1 Å². The van der Waals surface area contributed by atoms with Crippen LogP contribution in [0.4, 0.5) is 4.79 Å². The second kappa shape index (κ2) is 6.47. The second-order valence-corrected chi connectivity index (χ2v) is 7.71. The molecule has 126 valence electrons. The van der Waals surface area contributed by atoms with Crippen LogP contribution in [0, 0.1) is 5.41 Å². The molecule has 0 aromatic carbocycles. The number of hydrogen-bond donors (Lipinski definition) is 0. The molecule has 1 saturated carbocycles. The Bertz CT molecular complexity index is 425. The average Bonchev–Trinajstić information content (AvgIpc) is 2.39. The van der Waals surface area contributed by atoms with Crippen LogP contribution in [0.1, 0.15) is 66.2 Å². The van der Waals surface area contributed by atoms with Crippen molar-refractivity contribution in [2.45, 2.75) is 77.9 Å². The molecule has 0 radical (unpaired) electrons. The van der Waals surface area contributed by atoms with Gasteiger partial charge >= 0.3 is 12.1 Å². The van der Waals surface area contributed by atoms with Gasteiger partial charge in [0.1, 0.15) is 11.7 Å². The summed E-state index contributed by atoms with van der Waals surface area (Å²) < 4.78 is 11.1. The zero-order valence-electron chi connectivity index (χ0n) is 14.3. The number of ether oxygens (including phenoxy) is 2. The van der Waals surface area contributed by atoms with E-state index in [9.17, 15) is 9.59 Å². The van der Waals surface area contributed by atoms with Crippen LogP contribution in [0.25, 0.3) is 0 Å². The van der Waals surface area contributed by atoms with Crippen LogP contribution in [0.5, 0.6) is 0 Å². The fraction of sp³-hybridized carbons (Fsp3) is 0.882. The number of carbonyl (C=O) groups excluding carboxylic acids is 2. The average molecular weight is 311 g/mol. The lowest BCUT2D eigenvalue weighted by atomic mass is 9.67. The number of hydrogen-bond acceptors (Lipinski definition) is 4. The maximum absolute atomic E-state index is 12.4. The van der Waals surface area contributed by atoms with Crippen LogP contribution in [0.3, 0.4) is 0 Å². The highest BCUT2D eigenvalue weighted by Gasteiger charge is 2.47. The summed E-state index contributed by atoms with van der Waals surface area (Å²) in [6.45, 7) is 8.48. The van der Waals surface area contributed by atoms with Gasteiger partial charge < -0.3 is 14.4 Å². The van der Waals surface area contributed by atoms with E-state index >= 15 is 0 Å². The molecule has 0 bridgehead atoms. The topological polar surface area (TPSA) is 55.8 Å². The molecule has 2 fully saturated rings. The van der Waals surface area contributed by atoms with Crippen molar-refractivity contribution in [2.75, 3.05) is 13.1 Å². The molecule has 1 amide bonds. The normalized spacial score (nSPS) is 29.3. The summed E-state index contributed by atoms with van der Waals surface area (Å²) in [6.07, 6.45) is 5.79. The molecule has 0 aromatic rings. The van der Waals surface area contributed by atoms with E-state index in [0.29, 0.717) is 6.54 Å². The highest BCUT2D eigenvalue weighted by molar-refractivity contribution is 5.68. The second-order valence-electron chi connectivity index (χ2n) is 7.71. The van der Waals surface area contributed by atoms with Crippen LogP contribution >= 0.6 is 0 Å². The molecule has 5 nitrogen and oxygen atoms in total. The maximum Gasteiger partial charge on any atom is 0.410 e. The molecule has 1 spiro atoms. The molecule has 22 heavy (non-hydrogen) atoms. The minimum atomic E-state index is -0.483. The maximum atomic E-state index is 12.4. The molecule has 0 aromatic heterocycles. The molecule has 5 heteroatoms. The van der Waals surface area contributed by atoms with Crippen molar-refractivity contribution in [1.82, 2.24) is 4.90 Å². The first-order valence-electron chi connectivity index (χ1n) is 8.37. The van der Waals surface area contributed by atoms with E-state index in [1.807, 2.05) is 20.8 Å². The predicted octanol–water partition coefficient (Wildman–Crippen LogP) is 3.51. The molecule has 1 aliphatic carbocycles. The minimum absolute atomic E-state index is 0.0658. The summed E-state index contributed by atoms with van der Waals surface area (Å²) >= 11 is 0. The van der Waals surface area contributed by atoms with E-state index < -0.39 is 5.60 Å². The summed E-state index contributed by atoms with van der Waals surface area (Å²) in [5, 5.41) is 0. The van der Waals surface area contributed by atoms with E-state index in [1.165, 1.54) is 6.92 Å². The lowest BCUT2D eigenvalue weighted by molar-refractivity contribution is -0.160. The van der Waals surface area contributed by atoms with Gasteiger partial charge in [-0.05, 0) is 52.9 Å². The fourth-order valence-electron chi connectivity index (χ4n) is 3.77. The number of likely N-dealkylation sites (tertiary alicyclic amines) is 1. The van der Waals surface area contributed by atoms with Crippen molar-refractivity contribution < 1.29 is 19.1 Å². The van der Waals surface area contributed by atoms with Crippen molar-refractivity contribution in [3.8, 4) is 0 Å². The summed E-state index contributed by atoms with van der Waals surface area (Å²) in [6, 6.07) is 0. The highest BCUT2D eigenvalue weighted by atomic mass is 16.6. The Morgan fingerprint density at radius 2 is 1.82 bits per heavy atom. The SMILES string of the molecule is CC(=O)O[C@@H]1CCCC[C@@]12CCCN(C(=O)OC(C)(C)C)C2. The van der Waals surface area contributed by atoms with Crippen molar-refractivity contribution in [1.29, 1.82) is 0 Å². The van der Waals surface area contributed by atoms with Crippen molar-refractivity contribution in [3.05, 3.63) is 0 Å². The Morgan fingerprint density at radius 3 is 2.45 bits per heavy atom. The monoisotopic (exact) mass is 311 g/mol. The van der Waals surface area contributed by atoms with Crippen molar-refractivity contribution in [2.24, 2.45) is 5.41 Å². The standard InChI is InChI=1S/C17H29NO4/c1-13(19)21-14-8-5-6-9-17(14)10-7-11-18(12-17)15(20)22-16(2,3)4/h14H,5-12H2,1-4H3/t14-,17+/m1/s1. The number of amides is 1. The minimum Gasteiger partial charge on any atom is -0.462 e. The van der Waals surface area contributed by atoms with Crippen LogP contribution in [0.15, 0.2) is 0 Å². The smallest absolute Gasteiger partial charge is 0.410 e. The number of esters is 1.